The van der Waals surface area contributed by atoms with E-state index < -0.39 is 12.1 Å². The summed E-state index contributed by atoms with van der Waals surface area (Å²) in [4.78, 5) is 36.0. The first kappa shape index (κ1) is 22.9. The van der Waals surface area contributed by atoms with Crippen molar-refractivity contribution in [3.8, 4) is 5.75 Å². The molecular formula is C22H28N4O4. The number of carbonyl (C=O) groups is 3. The highest BCUT2D eigenvalue weighted by atomic mass is 16.3. The molecule has 0 fully saturated rings. The zero-order valence-corrected chi connectivity index (χ0v) is 16.9. The molecule has 30 heavy (non-hydrogen) atoms. The van der Waals surface area contributed by atoms with Gasteiger partial charge in [0.1, 0.15) is 11.8 Å². The van der Waals surface area contributed by atoms with Gasteiger partial charge in [-0.2, -0.15) is 0 Å². The zero-order chi connectivity index (χ0) is 21.9. The van der Waals surface area contributed by atoms with E-state index in [4.69, 9.17) is 5.73 Å². The maximum atomic E-state index is 12.4. The second-order valence-electron chi connectivity index (χ2n) is 7.00. The van der Waals surface area contributed by atoms with Gasteiger partial charge in [0.25, 0.3) is 0 Å². The van der Waals surface area contributed by atoms with Crippen molar-refractivity contribution in [3.05, 3.63) is 65.7 Å². The molecule has 0 saturated carbocycles. The SMILES string of the molecule is CC(=O)N[C@@H](Cc1ccccc1)C(=O)NCCNC(=O)C(N)Cc1ccc(O)cc1. The quantitative estimate of drug-likeness (QED) is 0.357. The third kappa shape index (κ3) is 7.92. The molecule has 0 aliphatic heterocycles. The van der Waals surface area contributed by atoms with Gasteiger partial charge in [0.2, 0.25) is 17.7 Å². The molecule has 0 aromatic heterocycles. The molecule has 2 atom stereocenters. The van der Waals surface area contributed by atoms with Crippen molar-refractivity contribution in [1.82, 2.24) is 16.0 Å². The summed E-state index contributed by atoms with van der Waals surface area (Å²) in [6.45, 7) is 1.79. The highest BCUT2D eigenvalue weighted by Crippen LogP contribution is 2.10. The number of rotatable bonds is 10. The Bertz CT molecular complexity index is 840. The standard InChI is InChI=1S/C22H28N4O4/c1-15(27)26-20(14-16-5-3-2-4-6-16)22(30)25-12-11-24-21(29)19(23)13-17-7-9-18(28)10-8-17/h2-10,19-20,28H,11-14,23H2,1H3,(H,24,29)(H,25,30)(H,26,27)/t19?,20-/m0/s1. The Morgan fingerprint density at radius 3 is 2.03 bits per heavy atom. The molecular weight excluding hydrogens is 384 g/mol. The van der Waals surface area contributed by atoms with Crippen molar-refractivity contribution in [1.29, 1.82) is 0 Å². The zero-order valence-electron chi connectivity index (χ0n) is 16.9. The van der Waals surface area contributed by atoms with Crippen molar-refractivity contribution in [2.24, 2.45) is 5.73 Å². The number of hydrogen-bond donors (Lipinski definition) is 5. The Morgan fingerprint density at radius 2 is 1.43 bits per heavy atom. The van der Waals surface area contributed by atoms with Gasteiger partial charge in [-0.1, -0.05) is 42.5 Å². The van der Waals surface area contributed by atoms with Crippen molar-refractivity contribution >= 4 is 17.7 Å². The molecule has 1 unspecified atom stereocenters. The number of nitrogens with two attached hydrogens (primary N) is 1. The molecule has 0 heterocycles. The van der Waals surface area contributed by atoms with Crippen LogP contribution in [0, 0.1) is 0 Å². The normalized spacial score (nSPS) is 12.5. The predicted molar refractivity (Wildman–Crippen MR) is 114 cm³/mol. The van der Waals surface area contributed by atoms with E-state index in [2.05, 4.69) is 16.0 Å². The summed E-state index contributed by atoms with van der Waals surface area (Å²) >= 11 is 0. The summed E-state index contributed by atoms with van der Waals surface area (Å²) < 4.78 is 0. The average molecular weight is 412 g/mol. The van der Waals surface area contributed by atoms with Crippen molar-refractivity contribution in [2.75, 3.05) is 13.1 Å². The number of phenols is 1. The van der Waals surface area contributed by atoms with E-state index in [-0.39, 0.29) is 36.6 Å². The number of aromatic hydroxyl groups is 1. The van der Waals surface area contributed by atoms with E-state index >= 15 is 0 Å². The fourth-order valence-electron chi connectivity index (χ4n) is 2.91. The fourth-order valence-corrected chi connectivity index (χ4v) is 2.91. The third-order valence-corrected chi connectivity index (χ3v) is 4.43. The molecule has 160 valence electrons. The van der Waals surface area contributed by atoms with E-state index in [1.165, 1.54) is 19.1 Å². The fraction of sp³-hybridized carbons (Fsp3) is 0.318. The Morgan fingerprint density at radius 1 is 0.867 bits per heavy atom. The molecule has 3 amide bonds. The van der Waals surface area contributed by atoms with Gasteiger partial charge in [0.05, 0.1) is 6.04 Å². The smallest absolute Gasteiger partial charge is 0.242 e. The number of phenolic OH excluding ortho intramolecular Hbond substituents is 1. The number of amides is 3. The summed E-state index contributed by atoms with van der Waals surface area (Å²) in [5.74, 6) is -0.798. The summed E-state index contributed by atoms with van der Waals surface area (Å²) in [5.41, 5.74) is 7.68. The molecule has 2 aromatic carbocycles. The summed E-state index contributed by atoms with van der Waals surface area (Å²) in [5, 5.41) is 17.3. The molecule has 8 heteroatoms. The van der Waals surface area contributed by atoms with E-state index in [1.807, 2.05) is 30.3 Å². The average Bonchev–Trinajstić information content (AvgIpc) is 2.72. The van der Waals surface area contributed by atoms with E-state index in [0.717, 1.165) is 11.1 Å². The van der Waals surface area contributed by atoms with E-state index in [0.29, 0.717) is 12.8 Å². The van der Waals surface area contributed by atoms with Gasteiger partial charge in [0, 0.05) is 26.4 Å². The third-order valence-electron chi connectivity index (χ3n) is 4.43. The van der Waals surface area contributed by atoms with Gasteiger partial charge in [-0.3, -0.25) is 14.4 Å². The van der Waals surface area contributed by atoms with Crippen LogP contribution >= 0.6 is 0 Å². The molecule has 0 radical (unpaired) electrons. The highest BCUT2D eigenvalue weighted by Gasteiger charge is 2.20. The summed E-state index contributed by atoms with van der Waals surface area (Å²) in [6.07, 6.45) is 0.705. The summed E-state index contributed by atoms with van der Waals surface area (Å²) in [6, 6.07) is 14.4. The first-order valence-electron chi connectivity index (χ1n) is 9.75. The first-order chi connectivity index (χ1) is 14.3. The monoisotopic (exact) mass is 412 g/mol. The van der Waals surface area contributed by atoms with E-state index in [9.17, 15) is 19.5 Å². The number of carbonyl (C=O) groups excluding carboxylic acids is 3. The lowest BCUT2D eigenvalue weighted by atomic mass is 10.1. The molecule has 8 nitrogen and oxygen atoms in total. The van der Waals surface area contributed by atoms with E-state index in [1.54, 1.807) is 12.1 Å². The van der Waals surface area contributed by atoms with Gasteiger partial charge in [-0.25, -0.2) is 0 Å². The molecule has 0 spiro atoms. The van der Waals surface area contributed by atoms with Crippen LogP contribution in [0.5, 0.6) is 5.75 Å². The van der Waals surface area contributed by atoms with Crippen molar-refractivity contribution in [3.63, 3.8) is 0 Å². The number of hydrogen-bond acceptors (Lipinski definition) is 5. The van der Waals surface area contributed by atoms with Crippen LogP contribution in [0.25, 0.3) is 0 Å². The van der Waals surface area contributed by atoms with Gasteiger partial charge in [-0.05, 0) is 29.7 Å². The lowest BCUT2D eigenvalue weighted by Crippen LogP contribution is -2.49. The minimum absolute atomic E-state index is 0.150. The maximum absolute atomic E-state index is 12.4. The molecule has 0 aliphatic rings. The van der Waals surface area contributed by atoms with Crippen LogP contribution in [0.15, 0.2) is 54.6 Å². The van der Waals surface area contributed by atoms with Gasteiger partial charge in [-0.15, -0.1) is 0 Å². The molecule has 6 N–H and O–H groups in total. The molecule has 0 bridgehead atoms. The highest BCUT2D eigenvalue weighted by molar-refractivity contribution is 5.87. The minimum atomic E-state index is -0.740. The van der Waals surface area contributed by atoms with Crippen LogP contribution in [0.2, 0.25) is 0 Å². The Kier molecular flexibility index (Phi) is 8.83. The van der Waals surface area contributed by atoms with Gasteiger partial charge in [0.15, 0.2) is 0 Å². The topological polar surface area (TPSA) is 134 Å². The number of nitrogens with one attached hydrogen (secondary N) is 3. The number of benzene rings is 2. The molecule has 0 aliphatic carbocycles. The largest absolute Gasteiger partial charge is 0.508 e. The second-order valence-corrected chi connectivity index (χ2v) is 7.00. The molecule has 2 rings (SSSR count). The van der Waals surface area contributed by atoms with Gasteiger partial charge < -0.3 is 26.8 Å². The second kappa shape index (κ2) is 11.6. The van der Waals surface area contributed by atoms with Crippen LogP contribution in [-0.4, -0.2) is 48.0 Å². The van der Waals surface area contributed by atoms with Gasteiger partial charge >= 0.3 is 0 Å². The lowest BCUT2D eigenvalue weighted by molar-refractivity contribution is -0.128. The molecule has 2 aromatic rings. The first-order valence-corrected chi connectivity index (χ1v) is 9.75. The van der Waals surface area contributed by atoms with Crippen LogP contribution in [0.1, 0.15) is 18.1 Å². The van der Waals surface area contributed by atoms with Crippen molar-refractivity contribution in [2.45, 2.75) is 31.8 Å². The maximum Gasteiger partial charge on any atom is 0.242 e. The Hall–Kier alpha value is -3.39. The summed E-state index contributed by atoms with van der Waals surface area (Å²) in [7, 11) is 0. The Labute approximate surface area is 175 Å². The minimum Gasteiger partial charge on any atom is -0.508 e. The molecule has 0 saturated heterocycles. The Balaban J connectivity index is 1.76. The van der Waals surface area contributed by atoms with Crippen LogP contribution < -0.4 is 21.7 Å². The van der Waals surface area contributed by atoms with Crippen LogP contribution in [-0.2, 0) is 27.2 Å². The predicted octanol–water partition coefficient (Wildman–Crippen LogP) is 0.242. The van der Waals surface area contributed by atoms with Crippen LogP contribution in [0.4, 0.5) is 0 Å². The van der Waals surface area contributed by atoms with Crippen molar-refractivity contribution < 1.29 is 19.5 Å². The van der Waals surface area contributed by atoms with Crippen LogP contribution in [0.3, 0.4) is 0 Å². The lowest BCUT2D eigenvalue weighted by Gasteiger charge is -2.18.